The Hall–Kier alpha value is -1.81. The van der Waals surface area contributed by atoms with E-state index in [-0.39, 0.29) is 5.91 Å². The second kappa shape index (κ2) is 7.50. The Balaban J connectivity index is 2.58. The summed E-state index contributed by atoms with van der Waals surface area (Å²) in [7, 11) is 3.01. The largest absolute Gasteiger partial charge is 0.494 e. The molecule has 1 amide bonds. The molecule has 0 atom stereocenters. The highest BCUT2D eigenvalue weighted by molar-refractivity contribution is 5.90. The molecule has 0 aliphatic rings. The maximum Gasteiger partial charge on any atom is 0.269 e. The Labute approximate surface area is 108 Å². The predicted octanol–water partition coefficient (Wildman–Crippen LogP) is 2.51. The van der Waals surface area contributed by atoms with Crippen molar-refractivity contribution in [2.75, 3.05) is 20.8 Å². The van der Waals surface area contributed by atoms with Crippen molar-refractivity contribution in [3.63, 3.8) is 0 Å². The van der Waals surface area contributed by atoms with E-state index in [2.05, 4.69) is 6.92 Å². The summed E-state index contributed by atoms with van der Waals surface area (Å²) < 4.78 is 5.47. The van der Waals surface area contributed by atoms with Gasteiger partial charge >= 0.3 is 0 Å². The molecule has 98 valence electrons. The number of nitrogens with zero attached hydrogens (tertiary/aromatic N) is 1. The molecule has 0 heterocycles. The minimum absolute atomic E-state index is 0.205. The highest BCUT2D eigenvalue weighted by atomic mass is 16.7. The van der Waals surface area contributed by atoms with Crippen molar-refractivity contribution in [1.82, 2.24) is 5.06 Å². The van der Waals surface area contributed by atoms with E-state index in [9.17, 15) is 4.79 Å². The van der Waals surface area contributed by atoms with Gasteiger partial charge in [0.25, 0.3) is 5.91 Å². The van der Waals surface area contributed by atoms with Gasteiger partial charge in [0, 0.05) is 13.1 Å². The molecule has 18 heavy (non-hydrogen) atoms. The number of carbonyl (C=O) groups is 1. The Kier molecular flexibility index (Phi) is 5.94. The van der Waals surface area contributed by atoms with Crippen LogP contribution >= 0.6 is 0 Å². The van der Waals surface area contributed by atoms with Gasteiger partial charge in [0.2, 0.25) is 0 Å². The van der Waals surface area contributed by atoms with Crippen LogP contribution in [0.25, 0.3) is 6.08 Å². The predicted molar refractivity (Wildman–Crippen MR) is 71.0 cm³/mol. The summed E-state index contributed by atoms with van der Waals surface area (Å²) >= 11 is 0. The molecule has 0 fully saturated rings. The Bertz CT molecular complexity index is 398. The highest BCUT2D eigenvalue weighted by Gasteiger charge is 2.01. The molecule has 1 aromatic carbocycles. The van der Waals surface area contributed by atoms with Crippen molar-refractivity contribution in [2.45, 2.75) is 13.3 Å². The Morgan fingerprint density at radius 1 is 1.33 bits per heavy atom. The smallest absolute Gasteiger partial charge is 0.269 e. The molecule has 4 nitrogen and oxygen atoms in total. The molecule has 0 N–H and O–H groups in total. The molecular weight excluding hydrogens is 230 g/mol. The molecule has 0 spiro atoms. The average molecular weight is 249 g/mol. The van der Waals surface area contributed by atoms with Crippen LogP contribution in [-0.4, -0.2) is 31.7 Å². The number of hydrogen-bond donors (Lipinski definition) is 0. The molecule has 0 aliphatic carbocycles. The summed E-state index contributed by atoms with van der Waals surface area (Å²) in [5.41, 5.74) is 0.941. The maximum atomic E-state index is 11.4. The van der Waals surface area contributed by atoms with Crippen LogP contribution in [0.3, 0.4) is 0 Å². The third-order valence-electron chi connectivity index (χ3n) is 2.36. The summed E-state index contributed by atoms with van der Waals surface area (Å²) in [5, 5.41) is 1.16. The van der Waals surface area contributed by atoms with Gasteiger partial charge in [-0.3, -0.25) is 9.63 Å². The van der Waals surface area contributed by atoms with Crippen LogP contribution in [0, 0.1) is 0 Å². The van der Waals surface area contributed by atoms with Crippen LogP contribution < -0.4 is 4.74 Å². The fourth-order valence-electron chi connectivity index (χ4n) is 1.26. The van der Waals surface area contributed by atoms with Crippen LogP contribution in [0.1, 0.15) is 18.9 Å². The molecule has 4 heteroatoms. The van der Waals surface area contributed by atoms with Crippen LogP contribution in [0.2, 0.25) is 0 Å². The fraction of sp³-hybridized carbons (Fsp3) is 0.357. The summed E-state index contributed by atoms with van der Waals surface area (Å²) in [6, 6.07) is 7.59. The van der Waals surface area contributed by atoms with Crippen molar-refractivity contribution in [3.05, 3.63) is 35.9 Å². The van der Waals surface area contributed by atoms with Crippen molar-refractivity contribution >= 4 is 12.0 Å². The number of hydroxylamine groups is 2. The van der Waals surface area contributed by atoms with E-state index >= 15 is 0 Å². The first-order valence-corrected chi connectivity index (χ1v) is 5.90. The summed E-state index contributed by atoms with van der Waals surface area (Å²) in [6.45, 7) is 2.78. The minimum Gasteiger partial charge on any atom is -0.494 e. The van der Waals surface area contributed by atoms with E-state index in [0.717, 1.165) is 22.8 Å². The van der Waals surface area contributed by atoms with Gasteiger partial charge in [0.15, 0.2) is 0 Å². The quantitative estimate of drug-likeness (QED) is 0.574. The van der Waals surface area contributed by atoms with Gasteiger partial charge in [0.1, 0.15) is 5.75 Å². The SMILES string of the molecule is CCCOc1ccc(/C=C/C(=O)N(C)OC)cc1. The molecule has 0 aromatic heterocycles. The van der Waals surface area contributed by atoms with Crippen molar-refractivity contribution in [2.24, 2.45) is 0 Å². The zero-order chi connectivity index (χ0) is 13.4. The highest BCUT2D eigenvalue weighted by Crippen LogP contribution is 2.13. The molecule has 0 unspecified atom stereocenters. The van der Waals surface area contributed by atoms with Gasteiger partial charge in [-0.1, -0.05) is 19.1 Å². The van der Waals surface area contributed by atoms with E-state index in [1.807, 2.05) is 24.3 Å². The number of amides is 1. The number of likely N-dealkylation sites (N-methyl/N-ethyl adjacent to an activating group) is 1. The third-order valence-corrected chi connectivity index (χ3v) is 2.36. The third kappa shape index (κ3) is 4.59. The van der Waals surface area contributed by atoms with Gasteiger partial charge in [-0.15, -0.1) is 0 Å². The molecule has 0 saturated carbocycles. The van der Waals surface area contributed by atoms with Gasteiger partial charge in [0.05, 0.1) is 13.7 Å². The summed E-state index contributed by atoms with van der Waals surface area (Å²) in [5.74, 6) is 0.637. The zero-order valence-electron chi connectivity index (χ0n) is 11.1. The number of benzene rings is 1. The summed E-state index contributed by atoms with van der Waals surface area (Å²) in [4.78, 5) is 16.2. The van der Waals surface area contributed by atoms with Gasteiger partial charge < -0.3 is 4.74 Å². The lowest BCUT2D eigenvalue weighted by atomic mass is 10.2. The normalized spacial score (nSPS) is 10.6. The molecule has 0 saturated heterocycles. The number of hydrogen-bond acceptors (Lipinski definition) is 3. The van der Waals surface area contributed by atoms with Crippen molar-refractivity contribution in [3.8, 4) is 5.75 Å². The molecule has 0 radical (unpaired) electrons. The molecule has 1 rings (SSSR count). The van der Waals surface area contributed by atoms with Crippen LogP contribution in [0.4, 0.5) is 0 Å². The second-order valence-electron chi connectivity index (χ2n) is 3.77. The first-order valence-electron chi connectivity index (χ1n) is 5.90. The van der Waals surface area contributed by atoms with Crippen LogP contribution in [0.5, 0.6) is 5.75 Å². The first-order chi connectivity index (χ1) is 8.67. The van der Waals surface area contributed by atoms with E-state index in [1.54, 1.807) is 13.1 Å². The fourth-order valence-corrected chi connectivity index (χ4v) is 1.26. The maximum absolute atomic E-state index is 11.4. The summed E-state index contributed by atoms with van der Waals surface area (Å²) in [6.07, 6.45) is 4.19. The van der Waals surface area contributed by atoms with Gasteiger partial charge in [-0.05, 0) is 30.2 Å². The number of ether oxygens (including phenoxy) is 1. The lowest BCUT2D eigenvalue weighted by Crippen LogP contribution is -2.22. The Morgan fingerprint density at radius 3 is 2.56 bits per heavy atom. The lowest BCUT2D eigenvalue weighted by molar-refractivity contribution is -0.162. The topological polar surface area (TPSA) is 38.8 Å². The van der Waals surface area contributed by atoms with Crippen molar-refractivity contribution in [1.29, 1.82) is 0 Å². The number of rotatable bonds is 6. The van der Waals surface area contributed by atoms with Crippen LogP contribution in [0.15, 0.2) is 30.3 Å². The first kappa shape index (κ1) is 14.3. The van der Waals surface area contributed by atoms with E-state index in [0.29, 0.717) is 6.61 Å². The minimum atomic E-state index is -0.205. The van der Waals surface area contributed by atoms with E-state index in [4.69, 9.17) is 9.57 Å². The van der Waals surface area contributed by atoms with Gasteiger partial charge in [-0.2, -0.15) is 0 Å². The van der Waals surface area contributed by atoms with Crippen LogP contribution in [-0.2, 0) is 9.63 Å². The lowest BCUT2D eigenvalue weighted by Gasteiger charge is -2.10. The molecule has 0 aliphatic heterocycles. The standard InChI is InChI=1S/C14H19NO3/c1-4-11-18-13-8-5-12(6-9-13)7-10-14(16)15(2)17-3/h5-10H,4,11H2,1-3H3/b10-7+. The molecule has 0 bridgehead atoms. The molecular formula is C14H19NO3. The number of carbonyl (C=O) groups excluding carboxylic acids is 1. The van der Waals surface area contributed by atoms with Crippen molar-refractivity contribution < 1.29 is 14.4 Å². The second-order valence-corrected chi connectivity index (χ2v) is 3.77. The average Bonchev–Trinajstić information content (AvgIpc) is 2.42. The monoisotopic (exact) mass is 249 g/mol. The van der Waals surface area contributed by atoms with E-state index in [1.165, 1.54) is 13.2 Å². The van der Waals surface area contributed by atoms with E-state index < -0.39 is 0 Å². The Morgan fingerprint density at radius 2 is 2.00 bits per heavy atom. The zero-order valence-corrected chi connectivity index (χ0v) is 11.1. The molecule has 1 aromatic rings. The van der Waals surface area contributed by atoms with Gasteiger partial charge in [-0.25, -0.2) is 5.06 Å².